The van der Waals surface area contributed by atoms with Gasteiger partial charge in [0.1, 0.15) is 6.04 Å². The highest BCUT2D eigenvalue weighted by molar-refractivity contribution is 5.98. The van der Waals surface area contributed by atoms with Gasteiger partial charge in [-0.3, -0.25) is 9.59 Å². The molecule has 126 valence electrons. The molecule has 0 saturated carbocycles. The number of amides is 2. The van der Waals surface area contributed by atoms with Crippen LogP contribution in [-0.2, 0) is 4.79 Å². The zero-order valence-electron chi connectivity index (χ0n) is 14.5. The van der Waals surface area contributed by atoms with Crippen molar-refractivity contribution < 1.29 is 9.59 Å². The molecule has 0 aliphatic rings. The number of nitrogens with one attached hydrogen (secondary N) is 1. The zero-order valence-corrected chi connectivity index (χ0v) is 14.5. The van der Waals surface area contributed by atoms with Gasteiger partial charge in [0.15, 0.2) is 0 Å². The van der Waals surface area contributed by atoms with E-state index in [1.54, 1.807) is 11.0 Å². The van der Waals surface area contributed by atoms with Gasteiger partial charge in [0.05, 0.1) is 0 Å². The standard InChI is InChI=1S/C20H24N2O2/c1-4-22(5-2)20(24)18(16-12-7-6-8-13-16)21-19(23)17-14-10-9-11-15(17)3/h6-14,18H,4-5H2,1-3H3,(H,21,23)/t18-/m0/s1. The first-order chi connectivity index (χ1) is 11.6. The first-order valence-electron chi connectivity index (χ1n) is 8.28. The second-order valence-electron chi connectivity index (χ2n) is 5.64. The number of nitrogens with zero attached hydrogens (tertiary/aromatic N) is 1. The quantitative estimate of drug-likeness (QED) is 0.886. The van der Waals surface area contributed by atoms with Crippen molar-refractivity contribution in [1.29, 1.82) is 0 Å². The van der Waals surface area contributed by atoms with Crippen LogP contribution in [0, 0.1) is 6.92 Å². The lowest BCUT2D eigenvalue weighted by Crippen LogP contribution is -2.43. The molecule has 1 N–H and O–H groups in total. The molecular weight excluding hydrogens is 300 g/mol. The number of carbonyl (C=O) groups is 2. The van der Waals surface area contributed by atoms with E-state index >= 15 is 0 Å². The molecule has 4 heteroatoms. The largest absolute Gasteiger partial charge is 0.341 e. The molecule has 2 rings (SSSR count). The van der Waals surface area contributed by atoms with Gasteiger partial charge in [-0.25, -0.2) is 0 Å². The van der Waals surface area contributed by atoms with E-state index in [1.165, 1.54) is 0 Å². The van der Waals surface area contributed by atoms with Gasteiger partial charge in [-0.05, 0) is 38.0 Å². The molecular formula is C20H24N2O2. The predicted octanol–water partition coefficient (Wildman–Crippen LogP) is 3.33. The average molecular weight is 324 g/mol. The number of hydrogen-bond donors (Lipinski definition) is 1. The van der Waals surface area contributed by atoms with Gasteiger partial charge in [-0.2, -0.15) is 0 Å². The Hall–Kier alpha value is -2.62. The molecule has 2 aromatic rings. The molecule has 0 fully saturated rings. The molecule has 0 aromatic heterocycles. The Morgan fingerprint density at radius 2 is 1.54 bits per heavy atom. The molecule has 0 bridgehead atoms. The number of likely N-dealkylation sites (N-methyl/N-ethyl adjacent to an activating group) is 1. The number of carbonyl (C=O) groups excluding carboxylic acids is 2. The van der Waals surface area contributed by atoms with Crippen molar-refractivity contribution >= 4 is 11.8 Å². The first-order valence-corrected chi connectivity index (χ1v) is 8.28. The second kappa shape index (κ2) is 8.29. The molecule has 4 nitrogen and oxygen atoms in total. The van der Waals surface area contributed by atoms with Gasteiger partial charge in [-0.1, -0.05) is 48.5 Å². The summed E-state index contributed by atoms with van der Waals surface area (Å²) < 4.78 is 0. The van der Waals surface area contributed by atoms with E-state index in [9.17, 15) is 9.59 Å². The lowest BCUT2D eigenvalue weighted by atomic mass is 10.0. The molecule has 2 aromatic carbocycles. The van der Waals surface area contributed by atoms with Crippen molar-refractivity contribution in [2.24, 2.45) is 0 Å². The van der Waals surface area contributed by atoms with Gasteiger partial charge in [-0.15, -0.1) is 0 Å². The SMILES string of the molecule is CCN(CC)C(=O)[C@@H](NC(=O)c1ccccc1C)c1ccccc1. The van der Waals surface area contributed by atoms with Crippen molar-refractivity contribution in [3.05, 3.63) is 71.3 Å². The van der Waals surface area contributed by atoms with E-state index in [2.05, 4.69) is 5.32 Å². The highest BCUT2D eigenvalue weighted by atomic mass is 16.2. The third-order valence-electron chi connectivity index (χ3n) is 4.12. The lowest BCUT2D eigenvalue weighted by Gasteiger charge is -2.26. The number of aryl methyl sites for hydroxylation is 1. The summed E-state index contributed by atoms with van der Waals surface area (Å²) in [4.78, 5) is 27.3. The fraction of sp³-hybridized carbons (Fsp3) is 0.300. The summed E-state index contributed by atoms with van der Waals surface area (Å²) in [5.74, 6) is -0.324. The van der Waals surface area contributed by atoms with Crippen LogP contribution in [0.1, 0.15) is 41.4 Å². The Kier molecular flexibility index (Phi) is 6.13. The maximum absolute atomic E-state index is 12.9. The lowest BCUT2D eigenvalue weighted by molar-refractivity contribution is -0.133. The molecule has 0 unspecified atom stereocenters. The van der Waals surface area contributed by atoms with Crippen LogP contribution in [0.15, 0.2) is 54.6 Å². The third-order valence-corrected chi connectivity index (χ3v) is 4.12. The van der Waals surface area contributed by atoms with Crippen molar-refractivity contribution in [1.82, 2.24) is 10.2 Å². The fourth-order valence-corrected chi connectivity index (χ4v) is 2.69. The Bertz CT molecular complexity index is 694. The molecule has 0 aliphatic heterocycles. The monoisotopic (exact) mass is 324 g/mol. The molecule has 0 spiro atoms. The van der Waals surface area contributed by atoms with Crippen LogP contribution in [0.4, 0.5) is 0 Å². The van der Waals surface area contributed by atoms with Gasteiger partial charge >= 0.3 is 0 Å². The van der Waals surface area contributed by atoms with Crippen molar-refractivity contribution in [2.75, 3.05) is 13.1 Å². The minimum atomic E-state index is -0.682. The van der Waals surface area contributed by atoms with E-state index in [0.717, 1.165) is 11.1 Å². The maximum Gasteiger partial charge on any atom is 0.252 e. The molecule has 0 radical (unpaired) electrons. The first kappa shape index (κ1) is 17.7. The molecule has 24 heavy (non-hydrogen) atoms. The van der Waals surface area contributed by atoms with E-state index < -0.39 is 6.04 Å². The minimum Gasteiger partial charge on any atom is -0.341 e. The topological polar surface area (TPSA) is 49.4 Å². The van der Waals surface area contributed by atoms with Gasteiger partial charge in [0.2, 0.25) is 5.91 Å². The summed E-state index contributed by atoms with van der Waals surface area (Å²) in [6.07, 6.45) is 0. The molecule has 0 heterocycles. The average Bonchev–Trinajstić information content (AvgIpc) is 2.61. The summed E-state index contributed by atoms with van der Waals surface area (Å²) in [7, 11) is 0. The van der Waals surface area contributed by atoms with Crippen LogP contribution in [-0.4, -0.2) is 29.8 Å². The zero-order chi connectivity index (χ0) is 17.5. The Morgan fingerprint density at radius 1 is 0.958 bits per heavy atom. The van der Waals surface area contributed by atoms with Gasteiger partial charge < -0.3 is 10.2 Å². The van der Waals surface area contributed by atoms with Crippen LogP contribution >= 0.6 is 0 Å². The number of hydrogen-bond acceptors (Lipinski definition) is 2. The van der Waals surface area contributed by atoms with Gasteiger partial charge in [0, 0.05) is 18.7 Å². The molecule has 0 aliphatic carbocycles. The summed E-state index contributed by atoms with van der Waals surface area (Å²) in [6, 6.07) is 16.1. The van der Waals surface area contributed by atoms with E-state index in [0.29, 0.717) is 18.7 Å². The highest BCUT2D eigenvalue weighted by Crippen LogP contribution is 2.17. The van der Waals surface area contributed by atoms with Crippen LogP contribution in [0.3, 0.4) is 0 Å². The smallest absolute Gasteiger partial charge is 0.252 e. The summed E-state index contributed by atoms with van der Waals surface area (Å²) in [5.41, 5.74) is 2.26. The predicted molar refractivity (Wildman–Crippen MR) is 95.8 cm³/mol. The number of benzene rings is 2. The Morgan fingerprint density at radius 3 is 2.12 bits per heavy atom. The molecule has 1 atom stereocenters. The second-order valence-corrected chi connectivity index (χ2v) is 5.64. The van der Waals surface area contributed by atoms with Crippen molar-refractivity contribution in [2.45, 2.75) is 26.8 Å². The van der Waals surface area contributed by atoms with Crippen molar-refractivity contribution in [3.63, 3.8) is 0 Å². The minimum absolute atomic E-state index is 0.0897. The summed E-state index contributed by atoms with van der Waals surface area (Å²) in [6.45, 7) is 6.98. The van der Waals surface area contributed by atoms with E-state index in [-0.39, 0.29) is 11.8 Å². The van der Waals surface area contributed by atoms with Crippen LogP contribution in [0.25, 0.3) is 0 Å². The van der Waals surface area contributed by atoms with E-state index in [4.69, 9.17) is 0 Å². The van der Waals surface area contributed by atoms with Crippen LogP contribution < -0.4 is 5.32 Å². The molecule has 0 saturated heterocycles. The highest BCUT2D eigenvalue weighted by Gasteiger charge is 2.26. The fourth-order valence-electron chi connectivity index (χ4n) is 2.69. The van der Waals surface area contributed by atoms with Crippen LogP contribution in [0.5, 0.6) is 0 Å². The van der Waals surface area contributed by atoms with E-state index in [1.807, 2.05) is 69.3 Å². The van der Waals surface area contributed by atoms with Gasteiger partial charge in [0.25, 0.3) is 5.91 Å². The maximum atomic E-state index is 12.9. The Labute approximate surface area is 143 Å². The summed E-state index contributed by atoms with van der Waals surface area (Å²) in [5, 5.41) is 2.91. The Balaban J connectivity index is 2.31. The summed E-state index contributed by atoms with van der Waals surface area (Å²) >= 11 is 0. The van der Waals surface area contributed by atoms with Crippen molar-refractivity contribution in [3.8, 4) is 0 Å². The number of rotatable bonds is 6. The normalized spacial score (nSPS) is 11.6. The third kappa shape index (κ3) is 4.02. The van der Waals surface area contributed by atoms with Crippen LogP contribution in [0.2, 0.25) is 0 Å². The molecule has 2 amide bonds.